The summed E-state index contributed by atoms with van der Waals surface area (Å²) in [6.07, 6.45) is 1.92. The Morgan fingerprint density at radius 3 is 2.63 bits per heavy atom. The Kier molecular flexibility index (Phi) is 6.62. The molecule has 7 heteroatoms. The summed E-state index contributed by atoms with van der Waals surface area (Å²) in [5.41, 5.74) is 5.43. The van der Waals surface area contributed by atoms with Crippen molar-refractivity contribution in [3.63, 3.8) is 0 Å². The lowest BCUT2D eigenvalue weighted by atomic mass is 10.2. The van der Waals surface area contributed by atoms with Gasteiger partial charge in [-0.25, -0.2) is 4.98 Å². The van der Waals surface area contributed by atoms with Gasteiger partial charge >= 0.3 is 0 Å². The second-order valence-electron chi connectivity index (χ2n) is 9.13. The Morgan fingerprint density at radius 2 is 1.89 bits per heavy atom. The predicted octanol–water partition coefficient (Wildman–Crippen LogP) is 5.27. The van der Waals surface area contributed by atoms with Crippen molar-refractivity contribution in [3.8, 4) is 5.69 Å². The van der Waals surface area contributed by atoms with Crippen molar-refractivity contribution >= 4 is 28.4 Å². The van der Waals surface area contributed by atoms with Crippen molar-refractivity contribution in [1.82, 2.24) is 14.1 Å². The molecule has 6 nitrogen and oxygen atoms in total. The van der Waals surface area contributed by atoms with Crippen molar-refractivity contribution < 1.29 is 9.53 Å². The molecule has 0 spiro atoms. The van der Waals surface area contributed by atoms with Gasteiger partial charge in [0.25, 0.3) is 5.56 Å². The highest BCUT2D eigenvalue weighted by atomic mass is 32.2. The number of fused-ring (bicyclic) bond motifs is 1. The van der Waals surface area contributed by atoms with Crippen molar-refractivity contribution in [2.75, 3.05) is 12.4 Å². The molecule has 0 radical (unpaired) electrons. The number of thioether (sulfide) groups is 1. The van der Waals surface area contributed by atoms with Gasteiger partial charge in [0.15, 0.2) is 10.9 Å². The van der Waals surface area contributed by atoms with Crippen LogP contribution >= 0.6 is 11.8 Å². The van der Waals surface area contributed by atoms with Gasteiger partial charge in [0, 0.05) is 29.2 Å². The third kappa shape index (κ3) is 4.70. The molecule has 3 heterocycles. The van der Waals surface area contributed by atoms with Crippen LogP contribution in [0.3, 0.4) is 0 Å². The van der Waals surface area contributed by atoms with E-state index in [2.05, 4.69) is 35.8 Å². The lowest BCUT2D eigenvalue weighted by Gasteiger charge is -2.16. The average molecular weight is 488 g/mol. The molecule has 4 aromatic rings. The molecule has 35 heavy (non-hydrogen) atoms. The summed E-state index contributed by atoms with van der Waals surface area (Å²) in [5, 5.41) is 1.15. The molecule has 0 bridgehead atoms. The average Bonchev–Trinajstić information content (AvgIpc) is 3.47. The molecule has 1 aliphatic rings. The van der Waals surface area contributed by atoms with E-state index in [1.165, 1.54) is 17.3 Å². The fourth-order valence-corrected chi connectivity index (χ4v) is 5.65. The molecule has 0 saturated carbocycles. The standard InChI is InChI=1S/C28H29N3O3S/c1-18-10-12-21(13-11-18)31-19(2)15-24(20(31)3)26(32)17-35-28-29-25-9-5-4-8-23(25)27(33)30(28)16-22-7-6-14-34-22/h4-5,8-13,15,22H,6-7,14,16-17H2,1-3H3. The number of carbonyl (C=O) groups excluding carboxylic acids is 1. The summed E-state index contributed by atoms with van der Waals surface area (Å²) < 4.78 is 9.58. The second-order valence-corrected chi connectivity index (χ2v) is 10.1. The third-order valence-electron chi connectivity index (χ3n) is 6.59. The van der Waals surface area contributed by atoms with E-state index >= 15 is 0 Å². The third-order valence-corrected chi connectivity index (χ3v) is 7.57. The van der Waals surface area contributed by atoms with Gasteiger partial charge in [0.2, 0.25) is 0 Å². The normalized spacial score (nSPS) is 15.7. The van der Waals surface area contributed by atoms with E-state index in [4.69, 9.17) is 9.72 Å². The molecule has 2 aromatic heterocycles. The van der Waals surface area contributed by atoms with Crippen LogP contribution in [0.4, 0.5) is 0 Å². The molecule has 1 fully saturated rings. The van der Waals surface area contributed by atoms with Gasteiger partial charge in [-0.1, -0.05) is 41.6 Å². The first-order valence-electron chi connectivity index (χ1n) is 12.0. The van der Waals surface area contributed by atoms with E-state index < -0.39 is 0 Å². The molecule has 0 amide bonds. The van der Waals surface area contributed by atoms with Gasteiger partial charge < -0.3 is 9.30 Å². The quantitative estimate of drug-likeness (QED) is 0.202. The van der Waals surface area contributed by atoms with Gasteiger partial charge in [-0.05, 0) is 63.9 Å². The number of para-hydroxylation sites is 1. The summed E-state index contributed by atoms with van der Waals surface area (Å²) in [6.45, 7) is 7.23. The van der Waals surface area contributed by atoms with E-state index in [1.54, 1.807) is 10.6 Å². The number of rotatable bonds is 7. The lowest BCUT2D eigenvalue weighted by molar-refractivity contribution is 0.0937. The fraction of sp³-hybridized carbons (Fsp3) is 0.321. The monoisotopic (exact) mass is 487 g/mol. The minimum absolute atomic E-state index is 0.000788. The summed E-state index contributed by atoms with van der Waals surface area (Å²) >= 11 is 1.32. The number of Topliss-reactive ketones (excluding diaryl/α,β-unsaturated/α-hetero) is 1. The Hall–Kier alpha value is -3.16. The van der Waals surface area contributed by atoms with E-state index in [-0.39, 0.29) is 23.2 Å². The summed E-state index contributed by atoms with van der Waals surface area (Å²) in [7, 11) is 0. The molecule has 1 saturated heterocycles. The highest BCUT2D eigenvalue weighted by molar-refractivity contribution is 7.99. The first-order chi connectivity index (χ1) is 16.9. The van der Waals surface area contributed by atoms with Crippen LogP contribution < -0.4 is 5.56 Å². The van der Waals surface area contributed by atoms with Gasteiger partial charge in [0.1, 0.15) is 0 Å². The SMILES string of the molecule is Cc1ccc(-n2c(C)cc(C(=O)CSc3nc4ccccc4c(=O)n3CC3CCCO3)c2C)cc1. The van der Waals surface area contributed by atoms with Crippen LogP contribution in [0, 0.1) is 20.8 Å². The number of nitrogens with zero attached hydrogens (tertiary/aromatic N) is 3. The molecule has 0 aliphatic carbocycles. The van der Waals surface area contributed by atoms with Gasteiger partial charge in [-0.3, -0.25) is 14.2 Å². The fourth-order valence-electron chi connectivity index (χ4n) is 4.75. The van der Waals surface area contributed by atoms with Gasteiger partial charge in [0.05, 0.1) is 29.3 Å². The lowest BCUT2D eigenvalue weighted by Crippen LogP contribution is -2.29. The first kappa shape index (κ1) is 23.6. The van der Waals surface area contributed by atoms with Crippen LogP contribution in [0.1, 0.15) is 40.2 Å². The number of ketones is 1. The molecule has 0 N–H and O–H groups in total. The maximum Gasteiger partial charge on any atom is 0.262 e. The van der Waals surface area contributed by atoms with Crippen LogP contribution in [0.15, 0.2) is 64.5 Å². The summed E-state index contributed by atoms with van der Waals surface area (Å²) in [6, 6.07) is 17.6. The Labute approximate surface area is 208 Å². The highest BCUT2D eigenvalue weighted by Gasteiger charge is 2.22. The first-order valence-corrected chi connectivity index (χ1v) is 12.9. The van der Waals surface area contributed by atoms with Crippen LogP contribution in [-0.4, -0.2) is 38.4 Å². The molecule has 180 valence electrons. The maximum atomic E-state index is 13.3. The van der Waals surface area contributed by atoms with Gasteiger partial charge in [-0.2, -0.15) is 0 Å². The largest absolute Gasteiger partial charge is 0.376 e. The molecular weight excluding hydrogens is 458 g/mol. The minimum Gasteiger partial charge on any atom is -0.376 e. The zero-order valence-electron chi connectivity index (χ0n) is 20.3. The van der Waals surface area contributed by atoms with E-state index in [0.717, 1.165) is 36.5 Å². The molecular formula is C28H29N3O3S. The van der Waals surface area contributed by atoms with Crippen molar-refractivity contribution in [3.05, 3.63) is 87.5 Å². The molecule has 2 aromatic carbocycles. The van der Waals surface area contributed by atoms with Crippen molar-refractivity contribution in [1.29, 1.82) is 0 Å². The number of hydrogen-bond acceptors (Lipinski definition) is 5. The minimum atomic E-state index is -0.0846. The summed E-state index contributed by atoms with van der Waals surface area (Å²) in [4.78, 5) is 31.4. The molecule has 5 rings (SSSR count). The number of aryl methyl sites for hydroxylation is 2. The molecule has 1 aliphatic heterocycles. The van der Waals surface area contributed by atoms with Gasteiger partial charge in [-0.15, -0.1) is 0 Å². The number of carbonyl (C=O) groups is 1. The van der Waals surface area contributed by atoms with Crippen LogP contribution in [0.5, 0.6) is 0 Å². The highest BCUT2D eigenvalue weighted by Crippen LogP contribution is 2.25. The Morgan fingerprint density at radius 1 is 1.11 bits per heavy atom. The van der Waals surface area contributed by atoms with E-state index in [9.17, 15) is 9.59 Å². The zero-order chi connectivity index (χ0) is 24.5. The molecule has 1 unspecified atom stereocenters. The predicted molar refractivity (Wildman–Crippen MR) is 140 cm³/mol. The van der Waals surface area contributed by atoms with Crippen LogP contribution in [0.25, 0.3) is 16.6 Å². The second kappa shape index (κ2) is 9.84. The number of ether oxygens (including phenoxy) is 1. The Bertz CT molecular complexity index is 1450. The van der Waals surface area contributed by atoms with Crippen LogP contribution in [0.2, 0.25) is 0 Å². The topological polar surface area (TPSA) is 66.1 Å². The summed E-state index contributed by atoms with van der Waals surface area (Å²) in [5.74, 6) is 0.224. The van der Waals surface area contributed by atoms with E-state index in [0.29, 0.717) is 28.2 Å². The van der Waals surface area contributed by atoms with E-state index in [1.807, 2.05) is 38.1 Å². The number of aromatic nitrogens is 3. The van der Waals surface area contributed by atoms with Crippen molar-refractivity contribution in [2.45, 2.75) is 51.4 Å². The number of benzene rings is 2. The van der Waals surface area contributed by atoms with Crippen molar-refractivity contribution in [2.24, 2.45) is 0 Å². The number of hydrogen-bond donors (Lipinski definition) is 0. The smallest absolute Gasteiger partial charge is 0.262 e. The molecule has 1 atom stereocenters. The maximum absolute atomic E-state index is 13.3. The van der Waals surface area contributed by atoms with Crippen LogP contribution in [-0.2, 0) is 11.3 Å². The Balaban J connectivity index is 1.43. The zero-order valence-corrected chi connectivity index (χ0v) is 21.1.